The molecule has 0 saturated carbocycles. The van der Waals surface area contributed by atoms with Gasteiger partial charge < -0.3 is 9.26 Å². The predicted octanol–water partition coefficient (Wildman–Crippen LogP) is 2.94. The molecule has 2 aromatic rings. The number of halogens is 1. The Labute approximate surface area is 123 Å². The predicted molar refractivity (Wildman–Crippen MR) is 76.0 cm³/mol. The van der Waals surface area contributed by atoms with E-state index in [1.807, 2.05) is 26.8 Å². The van der Waals surface area contributed by atoms with Gasteiger partial charge in [0.25, 0.3) is 0 Å². The second-order valence-corrected chi connectivity index (χ2v) is 5.41. The Morgan fingerprint density at radius 1 is 1.43 bits per heavy atom. The number of nitrogens with one attached hydrogen (secondary N) is 1. The van der Waals surface area contributed by atoms with E-state index in [0.29, 0.717) is 18.3 Å². The van der Waals surface area contributed by atoms with Crippen LogP contribution in [0, 0.1) is 5.82 Å². The smallest absolute Gasteiger partial charge is 0.240 e. The fourth-order valence-electron chi connectivity index (χ4n) is 1.89. The van der Waals surface area contributed by atoms with Gasteiger partial charge in [-0.25, -0.2) is 4.39 Å². The normalized spacial score (nSPS) is 13.4. The summed E-state index contributed by atoms with van der Waals surface area (Å²) in [5.74, 6) is 0.729. The Kier molecular flexibility index (Phi) is 4.69. The number of benzene rings is 1. The van der Waals surface area contributed by atoms with Crippen LogP contribution in [0.3, 0.4) is 0 Å². The van der Waals surface area contributed by atoms with E-state index in [2.05, 4.69) is 15.5 Å². The lowest BCUT2D eigenvalue weighted by Crippen LogP contribution is -2.36. The minimum absolute atomic E-state index is 0.210. The number of methoxy groups -OCH3 is 1. The molecule has 0 aliphatic carbocycles. The van der Waals surface area contributed by atoms with Crippen molar-refractivity contribution in [3.8, 4) is 0 Å². The summed E-state index contributed by atoms with van der Waals surface area (Å²) in [5, 5.41) is 7.15. The second-order valence-electron chi connectivity index (χ2n) is 5.41. The zero-order valence-electron chi connectivity index (χ0n) is 12.7. The lowest BCUT2D eigenvalue weighted by molar-refractivity contribution is 0.109. The lowest BCUT2D eigenvalue weighted by atomic mass is 9.94. The Morgan fingerprint density at radius 2 is 2.19 bits per heavy atom. The summed E-state index contributed by atoms with van der Waals surface area (Å²) >= 11 is 0. The van der Waals surface area contributed by atoms with Gasteiger partial charge in [-0.1, -0.05) is 17.3 Å². The zero-order chi connectivity index (χ0) is 15.5. The molecule has 0 unspecified atom stereocenters. The van der Waals surface area contributed by atoms with Crippen molar-refractivity contribution in [3.05, 3.63) is 47.4 Å². The highest BCUT2D eigenvalue weighted by atomic mass is 19.1. The van der Waals surface area contributed by atoms with Gasteiger partial charge in [0.1, 0.15) is 11.9 Å². The molecular formula is C15H20FN3O2. The van der Waals surface area contributed by atoms with Crippen LogP contribution in [0.2, 0.25) is 0 Å². The van der Waals surface area contributed by atoms with E-state index in [9.17, 15) is 4.39 Å². The van der Waals surface area contributed by atoms with Crippen LogP contribution in [0.5, 0.6) is 0 Å². The molecule has 1 heterocycles. The minimum atomic E-state index is -0.413. The Bertz CT molecular complexity index is 598. The maximum Gasteiger partial charge on any atom is 0.240 e. The molecule has 1 aromatic carbocycles. The maximum absolute atomic E-state index is 13.3. The SMILES string of the molecule is CO[C@@H](C)c1noc(CNC(C)(C)c2cccc(F)c2)n1. The van der Waals surface area contributed by atoms with Crippen molar-refractivity contribution in [2.24, 2.45) is 0 Å². The van der Waals surface area contributed by atoms with Crippen LogP contribution in [-0.2, 0) is 16.8 Å². The molecule has 5 nitrogen and oxygen atoms in total. The molecule has 1 N–H and O–H groups in total. The molecule has 0 spiro atoms. The van der Waals surface area contributed by atoms with Gasteiger partial charge in [-0.15, -0.1) is 0 Å². The van der Waals surface area contributed by atoms with Gasteiger partial charge in [0.15, 0.2) is 5.82 Å². The largest absolute Gasteiger partial charge is 0.374 e. The van der Waals surface area contributed by atoms with E-state index in [-0.39, 0.29) is 11.9 Å². The summed E-state index contributed by atoms with van der Waals surface area (Å²) in [7, 11) is 1.59. The van der Waals surface area contributed by atoms with Crippen molar-refractivity contribution in [1.29, 1.82) is 0 Å². The van der Waals surface area contributed by atoms with E-state index < -0.39 is 5.54 Å². The molecule has 0 bridgehead atoms. The summed E-state index contributed by atoms with van der Waals surface area (Å²) < 4.78 is 23.6. The maximum atomic E-state index is 13.3. The molecule has 0 amide bonds. The monoisotopic (exact) mass is 293 g/mol. The summed E-state index contributed by atoms with van der Waals surface area (Å²) in [4.78, 5) is 4.26. The molecule has 0 aliphatic heterocycles. The van der Waals surface area contributed by atoms with E-state index in [0.717, 1.165) is 5.56 Å². The molecule has 1 atom stereocenters. The van der Waals surface area contributed by atoms with E-state index in [1.165, 1.54) is 12.1 Å². The molecule has 2 rings (SSSR count). The first kappa shape index (κ1) is 15.6. The number of nitrogens with zero attached hydrogens (tertiary/aromatic N) is 2. The van der Waals surface area contributed by atoms with Crippen LogP contribution < -0.4 is 5.32 Å². The zero-order valence-corrected chi connectivity index (χ0v) is 12.7. The molecule has 0 aliphatic rings. The third kappa shape index (κ3) is 3.86. The van der Waals surface area contributed by atoms with E-state index in [1.54, 1.807) is 13.2 Å². The first-order chi connectivity index (χ1) is 9.92. The standard InChI is InChI=1S/C15H20FN3O2/c1-10(20-4)14-18-13(21-19-14)9-17-15(2,3)11-6-5-7-12(16)8-11/h5-8,10,17H,9H2,1-4H3/t10-/m0/s1. The number of aromatic nitrogens is 2. The molecular weight excluding hydrogens is 273 g/mol. The van der Waals surface area contributed by atoms with Gasteiger partial charge in [0, 0.05) is 12.6 Å². The van der Waals surface area contributed by atoms with Crippen LogP contribution in [-0.4, -0.2) is 17.3 Å². The van der Waals surface area contributed by atoms with E-state index in [4.69, 9.17) is 9.26 Å². The summed E-state index contributed by atoms with van der Waals surface area (Å²) in [6.07, 6.45) is -0.210. The quantitative estimate of drug-likeness (QED) is 0.887. The average Bonchev–Trinajstić information content (AvgIpc) is 2.93. The van der Waals surface area contributed by atoms with Crippen LogP contribution in [0.1, 0.15) is 44.2 Å². The molecule has 0 saturated heterocycles. The molecule has 0 fully saturated rings. The Balaban J connectivity index is 2.03. The molecule has 6 heteroatoms. The molecule has 114 valence electrons. The van der Waals surface area contributed by atoms with Crippen LogP contribution >= 0.6 is 0 Å². The van der Waals surface area contributed by atoms with Gasteiger partial charge in [0.2, 0.25) is 5.89 Å². The second kappa shape index (κ2) is 6.32. The average molecular weight is 293 g/mol. The lowest BCUT2D eigenvalue weighted by Gasteiger charge is -2.26. The molecule has 1 aromatic heterocycles. The third-order valence-electron chi connectivity index (χ3n) is 3.43. The van der Waals surface area contributed by atoms with Gasteiger partial charge >= 0.3 is 0 Å². The van der Waals surface area contributed by atoms with Gasteiger partial charge in [0.05, 0.1) is 6.54 Å². The third-order valence-corrected chi connectivity index (χ3v) is 3.43. The van der Waals surface area contributed by atoms with Crippen molar-refractivity contribution < 1.29 is 13.7 Å². The molecule has 0 radical (unpaired) electrons. The van der Waals surface area contributed by atoms with Crippen LogP contribution in [0.15, 0.2) is 28.8 Å². The fraction of sp³-hybridized carbons (Fsp3) is 0.467. The van der Waals surface area contributed by atoms with Gasteiger partial charge in [-0.3, -0.25) is 5.32 Å². The number of ether oxygens (including phenoxy) is 1. The van der Waals surface area contributed by atoms with Crippen molar-refractivity contribution in [2.45, 2.75) is 39.0 Å². The summed E-state index contributed by atoms with van der Waals surface area (Å²) in [6, 6.07) is 6.51. The Hall–Kier alpha value is -1.79. The Morgan fingerprint density at radius 3 is 2.86 bits per heavy atom. The van der Waals surface area contributed by atoms with Crippen LogP contribution in [0.4, 0.5) is 4.39 Å². The van der Waals surface area contributed by atoms with Crippen molar-refractivity contribution in [3.63, 3.8) is 0 Å². The number of hydrogen-bond acceptors (Lipinski definition) is 5. The van der Waals surface area contributed by atoms with Gasteiger partial charge in [-0.2, -0.15) is 4.98 Å². The highest BCUT2D eigenvalue weighted by Crippen LogP contribution is 2.21. The van der Waals surface area contributed by atoms with Gasteiger partial charge in [-0.05, 0) is 38.5 Å². The van der Waals surface area contributed by atoms with E-state index >= 15 is 0 Å². The van der Waals surface area contributed by atoms with Crippen molar-refractivity contribution >= 4 is 0 Å². The summed E-state index contributed by atoms with van der Waals surface area (Å²) in [5.41, 5.74) is 0.441. The number of hydrogen-bond donors (Lipinski definition) is 1. The first-order valence-electron chi connectivity index (χ1n) is 6.78. The first-order valence-corrected chi connectivity index (χ1v) is 6.78. The van der Waals surface area contributed by atoms with Crippen LogP contribution in [0.25, 0.3) is 0 Å². The highest BCUT2D eigenvalue weighted by Gasteiger charge is 2.22. The van der Waals surface area contributed by atoms with Crippen molar-refractivity contribution in [1.82, 2.24) is 15.5 Å². The number of rotatable bonds is 6. The minimum Gasteiger partial charge on any atom is -0.374 e. The fourth-order valence-corrected chi connectivity index (χ4v) is 1.89. The summed E-state index contributed by atoms with van der Waals surface area (Å²) in [6.45, 7) is 6.18. The molecule has 21 heavy (non-hydrogen) atoms. The van der Waals surface area contributed by atoms with Crippen molar-refractivity contribution in [2.75, 3.05) is 7.11 Å². The highest BCUT2D eigenvalue weighted by molar-refractivity contribution is 5.23. The topological polar surface area (TPSA) is 60.2 Å².